The molecule has 6 heteroatoms. The van der Waals surface area contributed by atoms with Crippen LogP contribution in [0.15, 0.2) is 47.4 Å². The fraction of sp³-hybridized carbons (Fsp3) is 0.200. The molecular formula is C15H16ClN3O2. The number of hydrogen-bond donors (Lipinski definition) is 2. The van der Waals surface area contributed by atoms with Crippen molar-refractivity contribution in [1.29, 1.82) is 0 Å². The third kappa shape index (κ3) is 4.10. The minimum Gasteiger partial charge on any atom is -0.313 e. The van der Waals surface area contributed by atoms with Gasteiger partial charge in [-0.25, -0.2) is 4.79 Å². The van der Waals surface area contributed by atoms with E-state index in [1.807, 2.05) is 6.92 Å². The van der Waals surface area contributed by atoms with E-state index < -0.39 is 6.03 Å². The van der Waals surface area contributed by atoms with Crippen LogP contribution in [0, 0.1) is 0 Å². The van der Waals surface area contributed by atoms with Crippen LogP contribution < -0.4 is 16.2 Å². The molecule has 0 aliphatic heterocycles. The summed E-state index contributed by atoms with van der Waals surface area (Å²) in [6.45, 7) is 2.59. The smallest absolute Gasteiger partial charge is 0.313 e. The first kappa shape index (κ1) is 15.1. The predicted octanol–water partition coefficient (Wildman–Crippen LogP) is 3.56. The Labute approximate surface area is 127 Å². The molecule has 1 heterocycles. The Hall–Kier alpha value is -2.27. The Morgan fingerprint density at radius 3 is 2.67 bits per heavy atom. The van der Waals surface area contributed by atoms with Gasteiger partial charge in [-0.05, 0) is 24.6 Å². The number of para-hydroxylation sites is 1. The zero-order chi connectivity index (χ0) is 15.2. The number of carbonyl (C=O) groups excluding carboxylic acids is 1. The van der Waals surface area contributed by atoms with E-state index in [1.54, 1.807) is 41.1 Å². The predicted molar refractivity (Wildman–Crippen MR) is 85.1 cm³/mol. The molecule has 2 amide bonds. The van der Waals surface area contributed by atoms with Crippen LogP contribution in [0.2, 0.25) is 5.02 Å². The molecule has 0 radical (unpaired) electrons. The van der Waals surface area contributed by atoms with Crippen molar-refractivity contribution in [3.05, 3.63) is 58.0 Å². The van der Waals surface area contributed by atoms with Crippen LogP contribution in [0.3, 0.4) is 0 Å². The zero-order valence-electron chi connectivity index (χ0n) is 11.6. The largest absolute Gasteiger partial charge is 0.323 e. The van der Waals surface area contributed by atoms with Gasteiger partial charge in [0.2, 0.25) is 0 Å². The molecule has 0 unspecified atom stereocenters. The number of rotatable bonds is 4. The minimum absolute atomic E-state index is 0.0890. The van der Waals surface area contributed by atoms with E-state index >= 15 is 0 Å². The van der Waals surface area contributed by atoms with Gasteiger partial charge < -0.3 is 15.2 Å². The quantitative estimate of drug-likeness (QED) is 0.907. The van der Waals surface area contributed by atoms with Crippen LogP contribution in [0.5, 0.6) is 0 Å². The van der Waals surface area contributed by atoms with Gasteiger partial charge in [0.25, 0.3) is 5.56 Å². The second-order valence-corrected chi connectivity index (χ2v) is 4.92. The fourth-order valence-corrected chi connectivity index (χ4v) is 2.05. The molecule has 0 atom stereocenters. The topological polar surface area (TPSA) is 63.1 Å². The van der Waals surface area contributed by atoms with E-state index in [9.17, 15) is 9.59 Å². The van der Waals surface area contributed by atoms with Crippen molar-refractivity contribution in [3.8, 4) is 0 Å². The second kappa shape index (κ2) is 6.95. The van der Waals surface area contributed by atoms with Gasteiger partial charge in [-0.1, -0.05) is 30.7 Å². The molecule has 1 aromatic heterocycles. The molecular weight excluding hydrogens is 290 g/mol. The summed E-state index contributed by atoms with van der Waals surface area (Å²) >= 11 is 5.97. The first-order valence-electron chi connectivity index (χ1n) is 6.63. The minimum atomic E-state index is -0.412. The Bertz CT molecular complexity index is 697. The van der Waals surface area contributed by atoms with E-state index in [4.69, 9.17) is 11.6 Å². The Morgan fingerprint density at radius 1 is 1.19 bits per heavy atom. The molecule has 0 aliphatic rings. The van der Waals surface area contributed by atoms with Gasteiger partial charge in [0.05, 0.1) is 16.4 Å². The molecule has 0 saturated heterocycles. The third-order valence-electron chi connectivity index (χ3n) is 2.83. The van der Waals surface area contributed by atoms with Gasteiger partial charge in [0.1, 0.15) is 0 Å². The van der Waals surface area contributed by atoms with E-state index in [1.165, 1.54) is 6.07 Å². The molecule has 2 N–H and O–H groups in total. The lowest BCUT2D eigenvalue weighted by Crippen LogP contribution is -2.23. The van der Waals surface area contributed by atoms with Crippen LogP contribution >= 0.6 is 11.6 Å². The lowest BCUT2D eigenvalue weighted by Gasteiger charge is -2.10. The van der Waals surface area contributed by atoms with Crippen molar-refractivity contribution >= 4 is 29.0 Å². The van der Waals surface area contributed by atoms with Crippen molar-refractivity contribution in [3.63, 3.8) is 0 Å². The number of nitrogens with one attached hydrogen (secondary N) is 2. The maximum absolute atomic E-state index is 11.9. The number of pyridine rings is 1. The summed E-state index contributed by atoms with van der Waals surface area (Å²) in [5.41, 5.74) is 0.986. The molecule has 2 rings (SSSR count). The lowest BCUT2D eigenvalue weighted by molar-refractivity contribution is 0.262. The molecule has 0 fully saturated rings. The summed E-state index contributed by atoms with van der Waals surface area (Å²) in [5.74, 6) is 0. The number of aryl methyl sites for hydroxylation is 1. The number of hydrogen-bond acceptors (Lipinski definition) is 2. The van der Waals surface area contributed by atoms with Gasteiger partial charge in [0.15, 0.2) is 0 Å². The highest BCUT2D eigenvalue weighted by atomic mass is 35.5. The highest BCUT2D eigenvalue weighted by Gasteiger charge is 2.06. The number of halogens is 1. The monoisotopic (exact) mass is 305 g/mol. The van der Waals surface area contributed by atoms with E-state index in [2.05, 4.69) is 10.6 Å². The average Bonchev–Trinajstić information content (AvgIpc) is 2.45. The molecule has 5 nitrogen and oxygen atoms in total. The number of anilines is 2. The van der Waals surface area contributed by atoms with E-state index in [0.29, 0.717) is 22.9 Å². The van der Waals surface area contributed by atoms with Crippen LogP contribution in [-0.2, 0) is 6.54 Å². The summed E-state index contributed by atoms with van der Waals surface area (Å²) < 4.78 is 1.56. The van der Waals surface area contributed by atoms with E-state index in [0.717, 1.165) is 6.42 Å². The summed E-state index contributed by atoms with van der Waals surface area (Å²) in [6.07, 6.45) is 2.47. The highest BCUT2D eigenvalue weighted by Crippen LogP contribution is 2.20. The number of amides is 2. The van der Waals surface area contributed by atoms with Crippen molar-refractivity contribution in [1.82, 2.24) is 4.57 Å². The number of urea groups is 1. The zero-order valence-corrected chi connectivity index (χ0v) is 12.4. The van der Waals surface area contributed by atoms with Crippen molar-refractivity contribution in [2.24, 2.45) is 0 Å². The Balaban J connectivity index is 2.08. The Morgan fingerprint density at radius 2 is 1.95 bits per heavy atom. The third-order valence-corrected chi connectivity index (χ3v) is 3.16. The molecule has 2 aromatic rings. The van der Waals surface area contributed by atoms with Crippen molar-refractivity contribution in [2.45, 2.75) is 19.9 Å². The van der Waals surface area contributed by atoms with Crippen LogP contribution in [0.4, 0.5) is 16.2 Å². The molecule has 0 aliphatic carbocycles. The van der Waals surface area contributed by atoms with E-state index in [-0.39, 0.29) is 5.56 Å². The lowest BCUT2D eigenvalue weighted by atomic mass is 10.3. The summed E-state index contributed by atoms with van der Waals surface area (Å²) in [4.78, 5) is 23.5. The summed E-state index contributed by atoms with van der Waals surface area (Å²) in [5, 5.41) is 5.79. The number of aromatic nitrogens is 1. The maximum Gasteiger partial charge on any atom is 0.323 e. The standard InChI is InChI=1S/C15H16ClN3O2/c1-2-9-19-10-11(7-8-14(19)20)17-15(21)18-13-6-4-3-5-12(13)16/h3-8,10H,2,9H2,1H3,(H2,17,18,21). The number of carbonyl (C=O) groups is 1. The van der Waals surface area contributed by atoms with Gasteiger partial charge in [-0.15, -0.1) is 0 Å². The van der Waals surface area contributed by atoms with Gasteiger partial charge in [-0.3, -0.25) is 4.79 Å². The van der Waals surface area contributed by atoms with Crippen molar-refractivity contribution in [2.75, 3.05) is 10.6 Å². The first-order chi connectivity index (χ1) is 10.1. The number of nitrogens with zero attached hydrogens (tertiary/aromatic N) is 1. The average molecular weight is 306 g/mol. The second-order valence-electron chi connectivity index (χ2n) is 4.51. The van der Waals surface area contributed by atoms with Gasteiger partial charge in [-0.2, -0.15) is 0 Å². The van der Waals surface area contributed by atoms with Crippen LogP contribution in [-0.4, -0.2) is 10.6 Å². The highest BCUT2D eigenvalue weighted by molar-refractivity contribution is 6.33. The van der Waals surface area contributed by atoms with Crippen molar-refractivity contribution < 1.29 is 4.79 Å². The summed E-state index contributed by atoms with van der Waals surface area (Å²) in [6, 6.07) is 9.55. The maximum atomic E-state index is 11.9. The molecule has 0 spiro atoms. The molecule has 110 valence electrons. The number of benzene rings is 1. The molecule has 1 aromatic carbocycles. The molecule has 0 saturated carbocycles. The van der Waals surface area contributed by atoms with Gasteiger partial charge >= 0.3 is 6.03 Å². The summed E-state index contributed by atoms with van der Waals surface area (Å²) in [7, 11) is 0. The van der Waals surface area contributed by atoms with Crippen LogP contribution in [0.25, 0.3) is 0 Å². The van der Waals surface area contributed by atoms with Gasteiger partial charge in [0, 0.05) is 18.8 Å². The SMILES string of the molecule is CCCn1cc(NC(=O)Nc2ccccc2Cl)ccc1=O. The first-order valence-corrected chi connectivity index (χ1v) is 7.01. The fourth-order valence-electron chi connectivity index (χ4n) is 1.87. The molecule has 0 bridgehead atoms. The normalized spacial score (nSPS) is 10.2. The van der Waals surface area contributed by atoms with Crippen LogP contribution in [0.1, 0.15) is 13.3 Å². The molecule has 21 heavy (non-hydrogen) atoms. The Kier molecular flexibility index (Phi) is 5.00.